The third kappa shape index (κ3) is 1.97. The van der Waals surface area contributed by atoms with E-state index in [-0.39, 0.29) is 6.04 Å². The maximum atomic E-state index is 8.70. The number of nitrogens with zero attached hydrogens (tertiary/aromatic N) is 2. The molecular weight excluding hydrogens is 136 g/mol. The van der Waals surface area contributed by atoms with Crippen LogP contribution in [0.2, 0.25) is 0 Å². The van der Waals surface area contributed by atoms with Crippen LogP contribution in [0.4, 0.5) is 0 Å². The maximum absolute atomic E-state index is 8.70. The molecule has 1 heterocycles. The fraction of sp³-hybridized carbons (Fsp3) is 0.667. The molecule has 1 saturated heterocycles. The Kier molecular flexibility index (Phi) is 2.95. The van der Waals surface area contributed by atoms with Crippen molar-refractivity contribution in [3.05, 3.63) is 0 Å². The molecule has 58 valence electrons. The highest BCUT2D eigenvalue weighted by Gasteiger charge is 2.22. The van der Waals surface area contributed by atoms with Crippen LogP contribution in [0.3, 0.4) is 0 Å². The van der Waals surface area contributed by atoms with Crippen LogP contribution < -0.4 is 0 Å². The van der Waals surface area contributed by atoms with Crippen LogP contribution in [-0.4, -0.2) is 24.0 Å². The first-order chi connectivity index (χ1) is 5.38. The fourth-order valence-corrected chi connectivity index (χ4v) is 1.34. The van der Waals surface area contributed by atoms with Gasteiger partial charge in [-0.25, -0.2) is 0 Å². The van der Waals surface area contributed by atoms with Crippen molar-refractivity contribution in [3.8, 4) is 17.9 Å². The van der Waals surface area contributed by atoms with Gasteiger partial charge in [-0.1, -0.05) is 5.92 Å². The van der Waals surface area contributed by atoms with Crippen molar-refractivity contribution < 1.29 is 0 Å². The summed E-state index contributed by atoms with van der Waals surface area (Å²) < 4.78 is 0. The smallest absolute Gasteiger partial charge is 0.0986 e. The fourth-order valence-electron chi connectivity index (χ4n) is 1.34. The number of rotatable bonds is 1. The summed E-state index contributed by atoms with van der Waals surface area (Å²) in [5.41, 5.74) is 0. The number of hydrogen-bond acceptors (Lipinski definition) is 2. The van der Waals surface area contributed by atoms with E-state index < -0.39 is 0 Å². The largest absolute Gasteiger partial charge is 0.277 e. The van der Waals surface area contributed by atoms with Crippen LogP contribution in [-0.2, 0) is 0 Å². The summed E-state index contributed by atoms with van der Waals surface area (Å²) >= 11 is 0. The average Bonchev–Trinajstić information content (AvgIpc) is 2.47. The molecule has 2 nitrogen and oxygen atoms in total. The van der Waals surface area contributed by atoms with E-state index in [1.165, 1.54) is 0 Å². The minimum atomic E-state index is 0.121. The molecule has 0 N–H and O–H groups in total. The lowest BCUT2D eigenvalue weighted by Crippen LogP contribution is -2.28. The van der Waals surface area contributed by atoms with Crippen molar-refractivity contribution in [1.29, 1.82) is 5.26 Å². The molecule has 0 spiro atoms. The van der Waals surface area contributed by atoms with Crippen LogP contribution in [0.5, 0.6) is 0 Å². The predicted molar refractivity (Wildman–Crippen MR) is 43.7 cm³/mol. The summed E-state index contributed by atoms with van der Waals surface area (Å²) in [5, 5.41) is 8.70. The highest BCUT2D eigenvalue weighted by Crippen LogP contribution is 2.14. The summed E-state index contributed by atoms with van der Waals surface area (Å²) in [6.45, 7) is 3.62. The van der Waals surface area contributed by atoms with Crippen molar-refractivity contribution in [2.45, 2.75) is 25.8 Å². The van der Waals surface area contributed by atoms with E-state index in [4.69, 9.17) is 5.26 Å². The highest BCUT2D eigenvalue weighted by atomic mass is 15.2. The molecule has 0 aliphatic carbocycles. The Morgan fingerprint density at radius 1 is 1.64 bits per heavy atom. The van der Waals surface area contributed by atoms with Crippen LogP contribution in [0, 0.1) is 23.2 Å². The molecule has 0 aromatic heterocycles. The molecule has 1 aliphatic heterocycles. The minimum absolute atomic E-state index is 0.121. The third-order valence-corrected chi connectivity index (χ3v) is 1.97. The first-order valence-electron chi connectivity index (χ1n) is 3.91. The van der Waals surface area contributed by atoms with Gasteiger partial charge in [-0.2, -0.15) is 5.26 Å². The first kappa shape index (κ1) is 8.11. The molecule has 0 amide bonds. The van der Waals surface area contributed by atoms with Crippen molar-refractivity contribution in [2.75, 3.05) is 13.1 Å². The summed E-state index contributed by atoms with van der Waals surface area (Å²) in [4.78, 5) is 2.14. The number of hydrogen-bond donors (Lipinski definition) is 0. The Bertz CT molecular complexity index is 216. The van der Waals surface area contributed by atoms with Gasteiger partial charge in [0.25, 0.3) is 0 Å². The number of nitriles is 1. The Hall–Kier alpha value is -0.990. The molecule has 1 fully saturated rings. The minimum Gasteiger partial charge on any atom is -0.277 e. The first-order valence-corrected chi connectivity index (χ1v) is 3.91. The second-order valence-corrected chi connectivity index (χ2v) is 2.68. The van der Waals surface area contributed by atoms with Gasteiger partial charge in [-0.3, -0.25) is 4.90 Å². The second kappa shape index (κ2) is 4.01. The van der Waals surface area contributed by atoms with Gasteiger partial charge < -0.3 is 0 Å². The second-order valence-electron chi connectivity index (χ2n) is 2.68. The van der Waals surface area contributed by atoms with E-state index in [2.05, 4.69) is 22.8 Å². The molecular formula is C9H12N2. The van der Waals surface area contributed by atoms with Crippen LogP contribution in [0.1, 0.15) is 19.8 Å². The summed E-state index contributed by atoms with van der Waals surface area (Å²) in [7, 11) is 0. The van der Waals surface area contributed by atoms with Crippen LogP contribution in [0.25, 0.3) is 0 Å². The molecule has 1 aliphatic rings. The quantitative estimate of drug-likeness (QED) is 0.519. The summed E-state index contributed by atoms with van der Waals surface area (Å²) in [5.74, 6) is 5.82. The molecule has 0 saturated carbocycles. The average molecular weight is 148 g/mol. The van der Waals surface area contributed by atoms with Gasteiger partial charge in [0.2, 0.25) is 0 Å². The SMILES string of the molecule is CC#CCN1CCCC1C#N. The normalized spacial score (nSPS) is 23.8. The van der Waals surface area contributed by atoms with Crippen molar-refractivity contribution >= 4 is 0 Å². The van der Waals surface area contributed by atoms with Gasteiger partial charge in [0.15, 0.2) is 0 Å². The van der Waals surface area contributed by atoms with Crippen molar-refractivity contribution in [3.63, 3.8) is 0 Å². The van der Waals surface area contributed by atoms with E-state index in [0.717, 1.165) is 25.9 Å². The molecule has 2 heteroatoms. The van der Waals surface area contributed by atoms with Crippen molar-refractivity contribution in [2.24, 2.45) is 0 Å². The lowest BCUT2D eigenvalue weighted by molar-refractivity contribution is 0.332. The molecule has 1 rings (SSSR count). The zero-order valence-electron chi connectivity index (χ0n) is 6.80. The molecule has 0 aromatic carbocycles. The lowest BCUT2D eigenvalue weighted by atomic mass is 10.2. The Balaban J connectivity index is 2.43. The molecule has 0 radical (unpaired) electrons. The zero-order chi connectivity index (χ0) is 8.10. The molecule has 0 bridgehead atoms. The summed E-state index contributed by atoms with van der Waals surface area (Å²) in [6.07, 6.45) is 2.16. The summed E-state index contributed by atoms with van der Waals surface area (Å²) in [6, 6.07) is 2.40. The third-order valence-electron chi connectivity index (χ3n) is 1.97. The Morgan fingerprint density at radius 3 is 3.09 bits per heavy atom. The molecule has 1 unspecified atom stereocenters. The van der Waals surface area contributed by atoms with E-state index in [9.17, 15) is 0 Å². The van der Waals surface area contributed by atoms with Crippen LogP contribution in [0.15, 0.2) is 0 Å². The molecule has 1 atom stereocenters. The van der Waals surface area contributed by atoms with Gasteiger partial charge in [-0.05, 0) is 19.8 Å². The standard InChI is InChI=1S/C9H12N2/c1-2-3-6-11-7-4-5-9(11)8-10/h9H,4-7H2,1H3. The predicted octanol–water partition coefficient (Wildman–Crippen LogP) is 0.998. The zero-order valence-corrected chi connectivity index (χ0v) is 6.80. The monoisotopic (exact) mass is 148 g/mol. The Labute approximate surface area is 67.8 Å². The van der Waals surface area contributed by atoms with Gasteiger partial charge in [0.05, 0.1) is 18.7 Å². The topological polar surface area (TPSA) is 27.0 Å². The van der Waals surface area contributed by atoms with Crippen molar-refractivity contribution in [1.82, 2.24) is 4.90 Å². The van der Waals surface area contributed by atoms with E-state index in [0.29, 0.717) is 0 Å². The van der Waals surface area contributed by atoms with Gasteiger partial charge in [-0.15, -0.1) is 5.92 Å². The van der Waals surface area contributed by atoms with Gasteiger partial charge in [0.1, 0.15) is 0 Å². The van der Waals surface area contributed by atoms with E-state index >= 15 is 0 Å². The highest BCUT2D eigenvalue weighted by molar-refractivity contribution is 5.03. The lowest BCUT2D eigenvalue weighted by Gasteiger charge is -2.14. The number of likely N-dealkylation sites (tertiary alicyclic amines) is 1. The van der Waals surface area contributed by atoms with Gasteiger partial charge >= 0.3 is 0 Å². The Morgan fingerprint density at radius 2 is 2.45 bits per heavy atom. The molecule has 11 heavy (non-hydrogen) atoms. The molecule has 0 aromatic rings. The van der Waals surface area contributed by atoms with E-state index in [1.54, 1.807) is 0 Å². The van der Waals surface area contributed by atoms with Gasteiger partial charge in [0, 0.05) is 6.54 Å². The van der Waals surface area contributed by atoms with Crippen LogP contribution >= 0.6 is 0 Å². The maximum Gasteiger partial charge on any atom is 0.0986 e. The van der Waals surface area contributed by atoms with E-state index in [1.807, 2.05) is 6.92 Å².